The fourth-order valence-corrected chi connectivity index (χ4v) is 4.03. The molecule has 0 saturated heterocycles. The molecule has 0 fully saturated rings. The molecule has 1 aromatic heterocycles. The van der Waals surface area contributed by atoms with Crippen molar-refractivity contribution in [2.75, 3.05) is 12.3 Å². The Balaban J connectivity index is 2.14. The molecule has 21 heavy (non-hydrogen) atoms. The van der Waals surface area contributed by atoms with Crippen molar-refractivity contribution in [1.82, 2.24) is 15.1 Å². The van der Waals surface area contributed by atoms with E-state index in [2.05, 4.69) is 58.4 Å². The molecule has 0 aliphatic rings. The van der Waals surface area contributed by atoms with Crippen LogP contribution >= 0.6 is 39.3 Å². The summed E-state index contributed by atoms with van der Waals surface area (Å²) in [6.45, 7) is 5.91. The van der Waals surface area contributed by atoms with Gasteiger partial charge in [-0.25, -0.2) is 0 Å². The first-order valence-electron chi connectivity index (χ1n) is 6.98. The van der Waals surface area contributed by atoms with E-state index in [9.17, 15) is 0 Å². The van der Waals surface area contributed by atoms with Gasteiger partial charge in [-0.05, 0) is 31.7 Å². The summed E-state index contributed by atoms with van der Waals surface area (Å²) < 4.78 is 3.07. The lowest BCUT2D eigenvalue weighted by molar-refractivity contribution is 0.527. The normalized spacial score (nSPS) is 12.6. The zero-order valence-corrected chi connectivity index (χ0v) is 15.3. The zero-order valence-electron chi connectivity index (χ0n) is 12.1. The van der Waals surface area contributed by atoms with Crippen LogP contribution in [0, 0.1) is 0 Å². The van der Waals surface area contributed by atoms with Crippen molar-refractivity contribution in [3.05, 3.63) is 45.7 Å². The number of nitrogens with zero attached hydrogens (tertiary/aromatic N) is 2. The number of aromatic nitrogens is 2. The van der Waals surface area contributed by atoms with Gasteiger partial charge in [-0.1, -0.05) is 40.5 Å². The molecular weight excluding hydrogens is 370 g/mol. The Kier molecular flexibility index (Phi) is 6.61. The lowest BCUT2D eigenvalue weighted by Crippen LogP contribution is -2.26. The third kappa shape index (κ3) is 4.49. The minimum absolute atomic E-state index is 0.189. The summed E-state index contributed by atoms with van der Waals surface area (Å²) in [6, 6.07) is 8.53. The predicted molar refractivity (Wildman–Crippen MR) is 94.2 cm³/mol. The van der Waals surface area contributed by atoms with Crippen molar-refractivity contribution in [1.29, 1.82) is 0 Å². The summed E-state index contributed by atoms with van der Waals surface area (Å²) in [5.41, 5.74) is 1.07. The second kappa shape index (κ2) is 8.22. The third-order valence-corrected chi connectivity index (χ3v) is 5.00. The largest absolute Gasteiger partial charge is 0.308 e. The highest BCUT2D eigenvalue weighted by Crippen LogP contribution is 2.30. The van der Waals surface area contributed by atoms with Crippen LogP contribution in [0.2, 0.25) is 5.02 Å². The lowest BCUT2D eigenvalue weighted by Gasteiger charge is -2.19. The van der Waals surface area contributed by atoms with Gasteiger partial charge in [0, 0.05) is 21.7 Å². The summed E-state index contributed by atoms with van der Waals surface area (Å²) >= 11 is 11.6. The molecule has 1 aromatic carbocycles. The monoisotopic (exact) mass is 387 g/mol. The quantitative estimate of drug-likeness (QED) is 0.693. The van der Waals surface area contributed by atoms with E-state index in [1.54, 1.807) is 6.20 Å². The molecule has 2 aromatic rings. The summed E-state index contributed by atoms with van der Waals surface area (Å²) in [7, 11) is 0. The average molecular weight is 389 g/mol. The van der Waals surface area contributed by atoms with Gasteiger partial charge in [0.2, 0.25) is 0 Å². The molecular formula is C15H19BrClN3S. The van der Waals surface area contributed by atoms with Gasteiger partial charge >= 0.3 is 0 Å². The van der Waals surface area contributed by atoms with Crippen LogP contribution in [0.3, 0.4) is 0 Å². The van der Waals surface area contributed by atoms with Crippen LogP contribution < -0.4 is 5.32 Å². The number of halogens is 2. The zero-order chi connectivity index (χ0) is 15.2. The molecule has 2 rings (SSSR count). The first-order valence-corrected chi connectivity index (χ1v) is 9.14. The van der Waals surface area contributed by atoms with Crippen LogP contribution in [-0.2, 0) is 6.54 Å². The molecule has 1 heterocycles. The molecule has 114 valence electrons. The molecule has 0 radical (unpaired) electrons. The van der Waals surface area contributed by atoms with Crippen LogP contribution in [0.15, 0.2) is 39.8 Å². The highest BCUT2D eigenvalue weighted by Gasteiger charge is 2.19. The number of rotatable bonds is 7. The molecule has 1 N–H and O–H groups in total. The Morgan fingerprint density at radius 2 is 2.24 bits per heavy atom. The topological polar surface area (TPSA) is 29.9 Å². The molecule has 0 amide bonds. The Morgan fingerprint density at radius 1 is 1.43 bits per heavy atom. The maximum atomic E-state index is 6.32. The van der Waals surface area contributed by atoms with E-state index >= 15 is 0 Å². The smallest absolute Gasteiger partial charge is 0.0834 e. The summed E-state index contributed by atoms with van der Waals surface area (Å²) in [5, 5.41) is 8.58. The van der Waals surface area contributed by atoms with Gasteiger partial charge in [0.1, 0.15) is 0 Å². The van der Waals surface area contributed by atoms with Gasteiger partial charge in [-0.3, -0.25) is 4.68 Å². The average Bonchev–Trinajstić information content (AvgIpc) is 2.84. The molecule has 0 saturated carbocycles. The van der Waals surface area contributed by atoms with E-state index < -0.39 is 0 Å². The van der Waals surface area contributed by atoms with Crippen molar-refractivity contribution in [2.24, 2.45) is 0 Å². The maximum Gasteiger partial charge on any atom is 0.0834 e. The SMILES string of the molecule is CCNC(CSc1cccc(Br)c1)c1c(Cl)cnn1CC. The maximum absolute atomic E-state index is 6.32. The molecule has 3 nitrogen and oxygen atoms in total. The van der Waals surface area contributed by atoms with Gasteiger partial charge in [0.05, 0.1) is 23.0 Å². The summed E-state index contributed by atoms with van der Waals surface area (Å²) in [4.78, 5) is 1.24. The Hall–Kier alpha value is -0.490. The fourth-order valence-electron chi connectivity index (χ4n) is 2.19. The Morgan fingerprint density at radius 3 is 2.90 bits per heavy atom. The van der Waals surface area contributed by atoms with Gasteiger partial charge in [0.15, 0.2) is 0 Å². The van der Waals surface area contributed by atoms with E-state index in [0.29, 0.717) is 0 Å². The van der Waals surface area contributed by atoms with Crippen LogP contribution in [0.5, 0.6) is 0 Å². The molecule has 0 spiro atoms. The molecule has 1 unspecified atom stereocenters. The Bertz CT molecular complexity index is 588. The standard InChI is InChI=1S/C15H19BrClN3S/c1-3-18-14(15-13(17)9-19-20(15)4-2)10-21-12-7-5-6-11(16)8-12/h5-9,14,18H,3-4,10H2,1-2H3. The molecule has 1 atom stereocenters. The first kappa shape index (κ1) is 16.9. The van der Waals surface area contributed by atoms with Gasteiger partial charge in [-0.2, -0.15) is 5.10 Å². The third-order valence-electron chi connectivity index (χ3n) is 3.13. The number of hydrogen-bond donors (Lipinski definition) is 1. The van der Waals surface area contributed by atoms with E-state index in [-0.39, 0.29) is 6.04 Å². The van der Waals surface area contributed by atoms with Crippen LogP contribution in [0.25, 0.3) is 0 Å². The molecule has 0 aliphatic carbocycles. The number of aryl methyl sites for hydroxylation is 1. The first-order chi connectivity index (χ1) is 10.2. The van der Waals surface area contributed by atoms with Crippen molar-refractivity contribution in [3.8, 4) is 0 Å². The van der Waals surface area contributed by atoms with E-state index in [1.807, 2.05) is 22.5 Å². The molecule has 0 aliphatic heterocycles. The van der Waals surface area contributed by atoms with Crippen molar-refractivity contribution < 1.29 is 0 Å². The minimum atomic E-state index is 0.189. The Labute approximate surface area is 143 Å². The van der Waals surface area contributed by atoms with Gasteiger partial charge < -0.3 is 5.32 Å². The van der Waals surface area contributed by atoms with E-state index in [1.165, 1.54) is 4.90 Å². The van der Waals surface area contributed by atoms with E-state index in [4.69, 9.17) is 11.6 Å². The molecule has 6 heteroatoms. The van der Waals surface area contributed by atoms with Crippen molar-refractivity contribution in [3.63, 3.8) is 0 Å². The molecule has 0 bridgehead atoms. The van der Waals surface area contributed by atoms with Crippen molar-refractivity contribution in [2.45, 2.75) is 31.3 Å². The lowest BCUT2D eigenvalue weighted by atomic mass is 10.2. The summed E-state index contributed by atoms with van der Waals surface area (Å²) in [6.07, 6.45) is 1.73. The fraction of sp³-hybridized carbons (Fsp3) is 0.400. The minimum Gasteiger partial charge on any atom is -0.308 e. The van der Waals surface area contributed by atoms with Gasteiger partial charge in [0.25, 0.3) is 0 Å². The second-order valence-corrected chi connectivity index (χ2v) is 6.99. The van der Waals surface area contributed by atoms with Crippen LogP contribution in [0.1, 0.15) is 25.6 Å². The number of nitrogens with one attached hydrogen (secondary N) is 1. The van der Waals surface area contributed by atoms with Crippen LogP contribution in [0.4, 0.5) is 0 Å². The van der Waals surface area contributed by atoms with E-state index in [0.717, 1.165) is 34.0 Å². The number of benzene rings is 1. The highest BCUT2D eigenvalue weighted by molar-refractivity contribution is 9.10. The summed E-state index contributed by atoms with van der Waals surface area (Å²) in [5.74, 6) is 0.912. The highest BCUT2D eigenvalue weighted by atomic mass is 79.9. The number of hydrogen-bond acceptors (Lipinski definition) is 3. The van der Waals surface area contributed by atoms with Gasteiger partial charge in [-0.15, -0.1) is 11.8 Å². The number of thioether (sulfide) groups is 1. The van der Waals surface area contributed by atoms with Crippen LogP contribution in [-0.4, -0.2) is 22.1 Å². The van der Waals surface area contributed by atoms with Crippen molar-refractivity contribution >= 4 is 39.3 Å². The second-order valence-electron chi connectivity index (χ2n) is 4.57. The predicted octanol–water partition coefficient (Wildman–Crippen LogP) is 4.76.